The monoisotopic (exact) mass is 592 g/mol. The van der Waals surface area contributed by atoms with Crippen LogP contribution in [0.3, 0.4) is 0 Å². The number of piperidine rings is 1. The predicted octanol–water partition coefficient (Wildman–Crippen LogP) is 3.83. The Morgan fingerprint density at radius 1 is 0.944 bits per heavy atom. The fourth-order valence-electron chi connectivity index (χ4n) is 3.88. The van der Waals surface area contributed by atoms with E-state index in [1.165, 1.54) is 34.8 Å². The van der Waals surface area contributed by atoms with Crippen molar-refractivity contribution in [3.05, 3.63) is 83.1 Å². The summed E-state index contributed by atoms with van der Waals surface area (Å²) in [7, 11) is -7.27. The second-order valence-electron chi connectivity index (χ2n) is 8.42. The van der Waals surface area contributed by atoms with Gasteiger partial charge in [-0.3, -0.25) is 14.5 Å². The standard InChI is InChI=1S/C24H25BrN4O5S2/c25-20-5-3-18(4-6-20)17-35(31,32)29-14-11-19(12-15-29)24(30)27-21-7-9-23(10-8-21)36(33,34)28-22-2-1-13-26-16-22/h1-10,13,16,19,28H,11-12,14-15,17H2,(H,27,30). The van der Waals surface area contributed by atoms with Gasteiger partial charge in [0.25, 0.3) is 10.0 Å². The average molecular weight is 594 g/mol. The Hall–Kier alpha value is -2.80. The van der Waals surface area contributed by atoms with E-state index in [9.17, 15) is 21.6 Å². The first kappa shape index (κ1) is 26.3. The van der Waals surface area contributed by atoms with Gasteiger partial charge in [0.2, 0.25) is 15.9 Å². The largest absolute Gasteiger partial charge is 0.326 e. The molecule has 1 aromatic heterocycles. The molecular formula is C24H25BrN4O5S2. The van der Waals surface area contributed by atoms with E-state index >= 15 is 0 Å². The van der Waals surface area contributed by atoms with E-state index < -0.39 is 20.0 Å². The highest BCUT2D eigenvalue weighted by Crippen LogP contribution is 2.24. The molecule has 12 heteroatoms. The van der Waals surface area contributed by atoms with Crippen LogP contribution >= 0.6 is 15.9 Å². The van der Waals surface area contributed by atoms with Gasteiger partial charge >= 0.3 is 0 Å². The first-order valence-corrected chi connectivity index (χ1v) is 15.1. The maximum absolute atomic E-state index is 12.8. The maximum atomic E-state index is 12.8. The summed E-state index contributed by atoms with van der Waals surface area (Å²) in [6, 6.07) is 16.2. The number of sulfonamides is 2. The fraction of sp³-hybridized carbons (Fsp3) is 0.250. The normalized spacial score (nSPS) is 15.4. The van der Waals surface area contributed by atoms with Crippen molar-refractivity contribution in [3.63, 3.8) is 0 Å². The molecule has 0 atom stereocenters. The van der Waals surface area contributed by atoms with Crippen molar-refractivity contribution in [3.8, 4) is 0 Å². The summed E-state index contributed by atoms with van der Waals surface area (Å²) in [5.41, 5.74) is 1.52. The van der Waals surface area contributed by atoms with Crippen molar-refractivity contribution < 1.29 is 21.6 Å². The molecule has 1 aliphatic rings. The summed E-state index contributed by atoms with van der Waals surface area (Å²) in [4.78, 5) is 16.7. The van der Waals surface area contributed by atoms with Gasteiger partial charge in [-0.15, -0.1) is 0 Å². The van der Waals surface area contributed by atoms with Gasteiger partial charge in [-0.2, -0.15) is 0 Å². The van der Waals surface area contributed by atoms with Crippen molar-refractivity contribution in [1.82, 2.24) is 9.29 Å². The van der Waals surface area contributed by atoms with E-state index in [2.05, 4.69) is 31.0 Å². The number of hydrogen-bond acceptors (Lipinski definition) is 6. The molecule has 36 heavy (non-hydrogen) atoms. The lowest BCUT2D eigenvalue weighted by Gasteiger charge is -2.30. The molecule has 3 aromatic rings. The third-order valence-corrected chi connectivity index (χ3v) is 9.60. The van der Waals surface area contributed by atoms with Gasteiger partial charge in [0.15, 0.2) is 0 Å². The number of amides is 1. The lowest BCUT2D eigenvalue weighted by molar-refractivity contribution is -0.120. The minimum Gasteiger partial charge on any atom is -0.326 e. The van der Waals surface area contributed by atoms with Crippen LogP contribution in [-0.4, -0.2) is 45.1 Å². The van der Waals surface area contributed by atoms with Crippen molar-refractivity contribution in [2.24, 2.45) is 5.92 Å². The summed E-state index contributed by atoms with van der Waals surface area (Å²) in [6.45, 7) is 0.544. The predicted molar refractivity (Wildman–Crippen MR) is 141 cm³/mol. The zero-order chi connectivity index (χ0) is 25.8. The highest BCUT2D eigenvalue weighted by molar-refractivity contribution is 9.10. The quantitative estimate of drug-likeness (QED) is 0.409. The Kier molecular flexibility index (Phi) is 8.08. The molecule has 9 nitrogen and oxygen atoms in total. The van der Waals surface area contributed by atoms with Crippen LogP contribution in [0, 0.1) is 5.92 Å². The average Bonchev–Trinajstić information content (AvgIpc) is 2.86. The van der Waals surface area contributed by atoms with E-state index in [-0.39, 0.29) is 35.6 Å². The zero-order valence-corrected chi connectivity index (χ0v) is 22.4. The Labute approximate surface area is 219 Å². The lowest BCUT2D eigenvalue weighted by Crippen LogP contribution is -2.41. The number of carbonyl (C=O) groups excluding carboxylic acids is 1. The van der Waals surface area contributed by atoms with Crippen LogP contribution in [0.5, 0.6) is 0 Å². The molecule has 0 unspecified atom stereocenters. The fourth-order valence-corrected chi connectivity index (χ4v) is 6.75. The molecule has 1 amide bonds. The molecule has 2 heterocycles. The molecule has 2 aromatic carbocycles. The van der Waals surface area contributed by atoms with Gasteiger partial charge in [0.1, 0.15) is 0 Å². The van der Waals surface area contributed by atoms with Crippen molar-refractivity contribution in [1.29, 1.82) is 0 Å². The van der Waals surface area contributed by atoms with Gasteiger partial charge in [-0.25, -0.2) is 21.1 Å². The number of aromatic nitrogens is 1. The summed E-state index contributed by atoms with van der Waals surface area (Å²) in [5, 5.41) is 2.80. The number of nitrogens with zero attached hydrogens (tertiary/aromatic N) is 2. The van der Waals surface area contributed by atoms with E-state index in [1.807, 2.05) is 0 Å². The number of halogens is 1. The van der Waals surface area contributed by atoms with Gasteiger partial charge in [0.05, 0.1) is 22.5 Å². The number of carbonyl (C=O) groups is 1. The number of anilines is 2. The van der Waals surface area contributed by atoms with E-state index in [1.54, 1.807) is 42.6 Å². The first-order chi connectivity index (χ1) is 17.1. The summed E-state index contributed by atoms with van der Waals surface area (Å²) in [5.74, 6) is -0.633. The molecule has 4 rings (SSSR count). The number of hydrogen-bond donors (Lipinski definition) is 2. The van der Waals surface area contributed by atoms with Crippen LogP contribution in [0.15, 0.2) is 82.4 Å². The molecule has 0 bridgehead atoms. The Morgan fingerprint density at radius 2 is 1.61 bits per heavy atom. The van der Waals surface area contributed by atoms with Gasteiger partial charge in [0, 0.05) is 35.4 Å². The topological polar surface area (TPSA) is 126 Å². The molecule has 0 spiro atoms. The van der Waals surface area contributed by atoms with Crippen LogP contribution in [0.1, 0.15) is 18.4 Å². The van der Waals surface area contributed by atoms with E-state index in [4.69, 9.17) is 0 Å². The highest BCUT2D eigenvalue weighted by atomic mass is 79.9. The molecule has 0 radical (unpaired) electrons. The second-order valence-corrected chi connectivity index (χ2v) is 13.0. The molecule has 1 aliphatic heterocycles. The summed E-state index contributed by atoms with van der Waals surface area (Å²) in [6.07, 6.45) is 3.77. The second kappa shape index (κ2) is 11.1. The van der Waals surface area contributed by atoms with E-state index in [0.29, 0.717) is 29.8 Å². The molecule has 1 saturated heterocycles. The van der Waals surface area contributed by atoms with Crippen molar-refractivity contribution >= 4 is 53.3 Å². The highest BCUT2D eigenvalue weighted by Gasteiger charge is 2.31. The smallest absolute Gasteiger partial charge is 0.261 e. The molecule has 190 valence electrons. The summed E-state index contributed by atoms with van der Waals surface area (Å²) < 4.78 is 55.4. The SMILES string of the molecule is O=C(Nc1ccc(S(=O)(=O)Nc2cccnc2)cc1)C1CCN(S(=O)(=O)Cc2ccc(Br)cc2)CC1. The lowest BCUT2D eigenvalue weighted by atomic mass is 9.97. The minimum absolute atomic E-state index is 0.0497. The van der Waals surface area contributed by atoms with Crippen LogP contribution in [0.4, 0.5) is 11.4 Å². The van der Waals surface area contributed by atoms with Crippen molar-refractivity contribution in [2.45, 2.75) is 23.5 Å². The molecule has 1 fully saturated rings. The van der Waals surface area contributed by atoms with Crippen LogP contribution in [0.25, 0.3) is 0 Å². The third kappa shape index (κ3) is 6.69. The number of rotatable bonds is 8. The molecular weight excluding hydrogens is 568 g/mol. The zero-order valence-electron chi connectivity index (χ0n) is 19.2. The van der Waals surface area contributed by atoms with Gasteiger partial charge < -0.3 is 5.32 Å². The van der Waals surface area contributed by atoms with Gasteiger partial charge in [-0.1, -0.05) is 28.1 Å². The van der Waals surface area contributed by atoms with Crippen LogP contribution in [-0.2, 0) is 30.6 Å². The summed E-state index contributed by atoms with van der Waals surface area (Å²) >= 11 is 3.34. The Balaban J connectivity index is 1.31. The Morgan fingerprint density at radius 3 is 2.22 bits per heavy atom. The van der Waals surface area contributed by atoms with Crippen molar-refractivity contribution in [2.75, 3.05) is 23.1 Å². The van der Waals surface area contributed by atoms with Crippen LogP contribution in [0.2, 0.25) is 0 Å². The Bertz CT molecular complexity index is 1410. The molecule has 2 N–H and O–H groups in total. The molecule has 0 aliphatic carbocycles. The number of nitrogens with one attached hydrogen (secondary N) is 2. The van der Waals surface area contributed by atoms with Crippen LogP contribution < -0.4 is 10.0 Å². The first-order valence-electron chi connectivity index (χ1n) is 11.2. The third-order valence-electron chi connectivity index (χ3n) is 5.83. The maximum Gasteiger partial charge on any atom is 0.261 e. The number of benzene rings is 2. The van der Waals surface area contributed by atoms with Gasteiger partial charge in [-0.05, 0) is 66.9 Å². The van der Waals surface area contributed by atoms with E-state index in [0.717, 1.165) is 4.47 Å². The number of pyridine rings is 1. The molecule has 0 saturated carbocycles. The minimum atomic E-state index is -3.79.